The number of methoxy groups -OCH3 is 3. The molecule has 1 fully saturated rings. The molecule has 2 atom stereocenters. The van der Waals surface area contributed by atoms with E-state index in [2.05, 4.69) is 19.9 Å². The third kappa shape index (κ3) is 2.79. The van der Waals surface area contributed by atoms with Gasteiger partial charge in [-0.2, -0.15) is 5.26 Å². The minimum absolute atomic E-state index is 0.402. The first-order valence-corrected chi connectivity index (χ1v) is 6.03. The van der Waals surface area contributed by atoms with Gasteiger partial charge in [-0.15, -0.1) is 0 Å². The highest BCUT2D eigenvalue weighted by atomic mass is 16.9. The fraction of sp³-hybridized carbons (Fsp3) is 0.923. The van der Waals surface area contributed by atoms with Crippen LogP contribution < -0.4 is 0 Å². The topological polar surface area (TPSA) is 51.5 Å². The van der Waals surface area contributed by atoms with Gasteiger partial charge in [-0.05, 0) is 24.7 Å². The normalized spacial score (nSPS) is 28.0. The van der Waals surface area contributed by atoms with Crippen LogP contribution in [0.5, 0.6) is 0 Å². The van der Waals surface area contributed by atoms with Crippen molar-refractivity contribution in [2.75, 3.05) is 21.3 Å². The fourth-order valence-electron chi connectivity index (χ4n) is 2.87. The summed E-state index contributed by atoms with van der Waals surface area (Å²) in [5.74, 6) is 0.00955. The smallest absolute Gasteiger partial charge is 0.283 e. The van der Waals surface area contributed by atoms with Crippen molar-refractivity contribution in [2.24, 2.45) is 17.3 Å². The molecule has 1 saturated carbocycles. The SMILES string of the molecule is COC(CC1(C#N)C[C@H](C)[C@@H](C)C1)(OC)OC. The molecule has 0 radical (unpaired) electrons. The lowest BCUT2D eigenvalue weighted by molar-refractivity contribution is -0.362. The van der Waals surface area contributed by atoms with Crippen LogP contribution in [0.4, 0.5) is 0 Å². The molecule has 0 heterocycles. The highest BCUT2D eigenvalue weighted by Crippen LogP contribution is 2.49. The Morgan fingerprint density at radius 2 is 1.53 bits per heavy atom. The molecule has 1 rings (SSSR count). The molecule has 1 aliphatic rings. The number of rotatable bonds is 5. The lowest BCUT2D eigenvalue weighted by Crippen LogP contribution is -2.41. The predicted octanol–water partition coefficient (Wildman–Crippen LogP) is 2.55. The van der Waals surface area contributed by atoms with Crippen molar-refractivity contribution in [3.05, 3.63) is 0 Å². The first kappa shape index (κ1) is 14.4. The van der Waals surface area contributed by atoms with E-state index in [9.17, 15) is 5.26 Å². The highest BCUT2D eigenvalue weighted by molar-refractivity contribution is 5.06. The van der Waals surface area contributed by atoms with Crippen molar-refractivity contribution in [3.8, 4) is 6.07 Å². The molecule has 17 heavy (non-hydrogen) atoms. The lowest BCUT2D eigenvalue weighted by atomic mass is 9.82. The maximum Gasteiger partial charge on any atom is 0.283 e. The largest absolute Gasteiger partial charge is 0.331 e. The van der Waals surface area contributed by atoms with Crippen molar-refractivity contribution >= 4 is 0 Å². The highest BCUT2D eigenvalue weighted by Gasteiger charge is 2.48. The molecular weight excluding hydrogens is 218 g/mol. The molecular formula is C13H23NO3. The molecule has 4 heteroatoms. The van der Waals surface area contributed by atoms with E-state index >= 15 is 0 Å². The Bertz CT molecular complexity index is 275. The van der Waals surface area contributed by atoms with Gasteiger partial charge >= 0.3 is 0 Å². The summed E-state index contributed by atoms with van der Waals surface area (Å²) in [7, 11) is 4.62. The Labute approximate surface area is 104 Å². The Morgan fingerprint density at radius 1 is 1.12 bits per heavy atom. The molecule has 4 nitrogen and oxygen atoms in total. The Kier molecular flexibility index (Phi) is 4.54. The van der Waals surface area contributed by atoms with Crippen molar-refractivity contribution in [2.45, 2.75) is 39.1 Å². The van der Waals surface area contributed by atoms with Crippen LogP contribution in [0, 0.1) is 28.6 Å². The number of nitriles is 1. The summed E-state index contributed by atoms with van der Waals surface area (Å²) in [6, 6.07) is 2.46. The zero-order valence-corrected chi connectivity index (χ0v) is 11.4. The lowest BCUT2D eigenvalue weighted by Gasteiger charge is -2.34. The molecule has 0 amide bonds. The summed E-state index contributed by atoms with van der Waals surface area (Å²) in [6.07, 6.45) is 2.21. The molecule has 0 aliphatic heterocycles. The van der Waals surface area contributed by atoms with Crippen LogP contribution in [0.25, 0.3) is 0 Å². The second kappa shape index (κ2) is 5.34. The standard InChI is InChI=1S/C13H23NO3/c1-10-6-12(9-14,7-11(10)2)8-13(15-3,16-4)17-5/h10-11H,6-8H2,1-5H3/t10-,11-/m0/s1. The van der Waals surface area contributed by atoms with E-state index < -0.39 is 11.4 Å². The summed E-state index contributed by atoms with van der Waals surface area (Å²) in [5, 5.41) is 9.49. The Balaban J connectivity index is 2.87. The van der Waals surface area contributed by atoms with E-state index in [-0.39, 0.29) is 0 Å². The second-order valence-corrected chi connectivity index (χ2v) is 5.23. The summed E-state index contributed by atoms with van der Waals surface area (Å²) in [4.78, 5) is 0. The number of hydrogen-bond donors (Lipinski definition) is 0. The number of ether oxygens (including phenoxy) is 3. The maximum atomic E-state index is 9.49. The minimum atomic E-state index is -1.10. The zero-order chi connectivity index (χ0) is 13.1. The summed E-state index contributed by atoms with van der Waals surface area (Å²) in [6.45, 7) is 4.38. The van der Waals surface area contributed by atoms with Gasteiger partial charge in [0.25, 0.3) is 5.97 Å². The van der Waals surface area contributed by atoms with Gasteiger partial charge in [0.1, 0.15) is 0 Å². The number of hydrogen-bond acceptors (Lipinski definition) is 4. The van der Waals surface area contributed by atoms with Crippen molar-refractivity contribution < 1.29 is 14.2 Å². The molecule has 0 aromatic heterocycles. The molecule has 98 valence electrons. The molecule has 1 aliphatic carbocycles. The molecule has 0 unspecified atom stereocenters. The molecule has 0 saturated heterocycles. The third-order valence-electron chi connectivity index (χ3n) is 4.12. The second-order valence-electron chi connectivity index (χ2n) is 5.23. The first-order valence-electron chi connectivity index (χ1n) is 6.03. The van der Waals surface area contributed by atoms with Crippen molar-refractivity contribution in [3.63, 3.8) is 0 Å². The van der Waals surface area contributed by atoms with Gasteiger partial charge in [0.15, 0.2) is 0 Å². The van der Waals surface area contributed by atoms with E-state index in [1.807, 2.05) is 0 Å². The quantitative estimate of drug-likeness (QED) is 0.694. The Hall–Kier alpha value is -0.630. The van der Waals surface area contributed by atoms with Crippen LogP contribution in [-0.2, 0) is 14.2 Å². The van der Waals surface area contributed by atoms with E-state index in [1.165, 1.54) is 0 Å². The van der Waals surface area contributed by atoms with Gasteiger partial charge in [-0.25, -0.2) is 0 Å². The molecule has 0 aromatic carbocycles. The third-order valence-corrected chi connectivity index (χ3v) is 4.12. The van der Waals surface area contributed by atoms with Gasteiger partial charge < -0.3 is 14.2 Å². The summed E-state index contributed by atoms with van der Waals surface area (Å²) >= 11 is 0. The molecule has 0 N–H and O–H groups in total. The zero-order valence-electron chi connectivity index (χ0n) is 11.4. The monoisotopic (exact) mass is 241 g/mol. The first-order chi connectivity index (χ1) is 7.96. The van der Waals surface area contributed by atoms with E-state index in [1.54, 1.807) is 21.3 Å². The van der Waals surface area contributed by atoms with Crippen LogP contribution in [0.1, 0.15) is 33.1 Å². The van der Waals surface area contributed by atoms with Gasteiger partial charge in [-0.1, -0.05) is 13.8 Å². The van der Waals surface area contributed by atoms with E-state index in [0.29, 0.717) is 18.3 Å². The molecule has 0 bridgehead atoms. The van der Waals surface area contributed by atoms with Gasteiger partial charge in [0, 0.05) is 27.8 Å². The Morgan fingerprint density at radius 3 is 1.82 bits per heavy atom. The van der Waals surface area contributed by atoms with Crippen LogP contribution in [-0.4, -0.2) is 27.3 Å². The molecule has 0 spiro atoms. The average Bonchev–Trinajstić information content (AvgIpc) is 2.63. The van der Waals surface area contributed by atoms with Crippen LogP contribution in [0.2, 0.25) is 0 Å². The number of nitrogens with zero attached hydrogens (tertiary/aromatic N) is 1. The van der Waals surface area contributed by atoms with Crippen LogP contribution in [0.15, 0.2) is 0 Å². The van der Waals surface area contributed by atoms with E-state index in [4.69, 9.17) is 14.2 Å². The average molecular weight is 241 g/mol. The van der Waals surface area contributed by atoms with Gasteiger partial charge in [0.2, 0.25) is 0 Å². The maximum absolute atomic E-state index is 9.49. The van der Waals surface area contributed by atoms with Gasteiger partial charge in [0.05, 0.1) is 11.5 Å². The van der Waals surface area contributed by atoms with Crippen LogP contribution in [0.3, 0.4) is 0 Å². The van der Waals surface area contributed by atoms with E-state index in [0.717, 1.165) is 12.8 Å². The summed E-state index contributed by atoms with van der Waals surface area (Å²) in [5.41, 5.74) is -0.402. The van der Waals surface area contributed by atoms with Crippen molar-refractivity contribution in [1.82, 2.24) is 0 Å². The predicted molar refractivity (Wildman–Crippen MR) is 64.0 cm³/mol. The minimum Gasteiger partial charge on any atom is -0.331 e. The fourth-order valence-corrected chi connectivity index (χ4v) is 2.87. The van der Waals surface area contributed by atoms with Gasteiger partial charge in [-0.3, -0.25) is 0 Å². The van der Waals surface area contributed by atoms with Crippen LogP contribution >= 0.6 is 0 Å². The van der Waals surface area contributed by atoms with Crippen molar-refractivity contribution in [1.29, 1.82) is 5.26 Å². The molecule has 0 aromatic rings. The summed E-state index contributed by atoms with van der Waals surface area (Å²) < 4.78 is 15.9.